The molecule has 0 radical (unpaired) electrons. The highest BCUT2D eigenvalue weighted by atomic mass is 16.4. The first-order chi connectivity index (χ1) is 9.70. The Morgan fingerprint density at radius 1 is 1.50 bits per heavy atom. The van der Waals surface area contributed by atoms with Gasteiger partial charge in [0.2, 0.25) is 0 Å². The van der Waals surface area contributed by atoms with Crippen LogP contribution in [0.1, 0.15) is 36.2 Å². The van der Waals surface area contributed by atoms with Crippen molar-refractivity contribution in [2.45, 2.75) is 25.8 Å². The van der Waals surface area contributed by atoms with Crippen molar-refractivity contribution in [3.05, 3.63) is 23.8 Å². The van der Waals surface area contributed by atoms with Crippen LogP contribution in [0.15, 0.2) is 18.2 Å². The van der Waals surface area contributed by atoms with E-state index < -0.39 is 5.97 Å². The quantitative estimate of drug-likeness (QED) is 0.923. The molecule has 1 unspecified atom stereocenters. The number of fused-ring (bicyclic) bond motifs is 1. The lowest BCUT2D eigenvalue weighted by Gasteiger charge is -2.31. The summed E-state index contributed by atoms with van der Waals surface area (Å²) in [6.45, 7) is 5.26. The van der Waals surface area contributed by atoms with Crippen LogP contribution in [0.2, 0.25) is 0 Å². The molecular weight excluding hydrogens is 256 g/mol. The fourth-order valence-corrected chi connectivity index (χ4v) is 2.92. The largest absolute Gasteiger partial charge is 0.478 e. The van der Waals surface area contributed by atoms with Gasteiger partial charge in [-0.15, -0.1) is 5.10 Å². The summed E-state index contributed by atoms with van der Waals surface area (Å²) in [5, 5.41) is 17.5. The molecule has 2 aromatic rings. The van der Waals surface area contributed by atoms with Crippen molar-refractivity contribution in [1.29, 1.82) is 0 Å². The Balaban J connectivity index is 2.00. The van der Waals surface area contributed by atoms with Crippen LogP contribution in [0.25, 0.3) is 11.0 Å². The molecule has 3 rings (SSSR count). The molecule has 1 aromatic carbocycles. The predicted molar refractivity (Wildman–Crippen MR) is 74.9 cm³/mol. The normalized spacial score (nSPS) is 20.4. The van der Waals surface area contributed by atoms with E-state index in [1.165, 1.54) is 0 Å². The number of aromatic nitrogens is 3. The second-order valence-electron chi connectivity index (χ2n) is 5.20. The Labute approximate surface area is 117 Å². The van der Waals surface area contributed by atoms with E-state index in [1.54, 1.807) is 12.1 Å². The summed E-state index contributed by atoms with van der Waals surface area (Å²) in [4.78, 5) is 13.6. The number of carboxylic acid groups (broad SMARTS) is 1. The number of carboxylic acids is 1. The van der Waals surface area contributed by atoms with Gasteiger partial charge in [0, 0.05) is 6.54 Å². The number of benzene rings is 1. The average Bonchev–Trinajstić information content (AvgIpc) is 2.91. The maximum Gasteiger partial charge on any atom is 0.338 e. The Morgan fingerprint density at radius 3 is 3.10 bits per heavy atom. The molecule has 1 N–H and O–H groups in total. The van der Waals surface area contributed by atoms with Crippen LogP contribution in [0.4, 0.5) is 0 Å². The van der Waals surface area contributed by atoms with Crippen molar-refractivity contribution in [2.75, 3.05) is 19.6 Å². The average molecular weight is 274 g/mol. The minimum atomic E-state index is -0.957. The second kappa shape index (κ2) is 5.20. The maximum absolute atomic E-state index is 11.2. The highest BCUT2D eigenvalue weighted by Crippen LogP contribution is 2.25. The summed E-state index contributed by atoms with van der Waals surface area (Å²) in [6.07, 6.45) is 2.20. The zero-order valence-corrected chi connectivity index (χ0v) is 11.5. The van der Waals surface area contributed by atoms with Crippen molar-refractivity contribution in [3.8, 4) is 0 Å². The van der Waals surface area contributed by atoms with E-state index in [0.717, 1.165) is 38.0 Å². The molecule has 1 aliphatic rings. The number of rotatable bonds is 3. The molecule has 0 spiro atoms. The monoisotopic (exact) mass is 274 g/mol. The number of hydrogen-bond acceptors (Lipinski definition) is 4. The Bertz CT molecular complexity index is 637. The molecule has 1 fully saturated rings. The summed E-state index contributed by atoms with van der Waals surface area (Å²) >= 11 is 0. The van der Waals surface area contributed by atoms with Crippen LogP contribution in [-0.4, -0.2) is 50.6 Å². The van der Waals surface area contributed by atoms with E-state index in [0.29, 0.717) is 5.52 Å². The molecule has 6 heteroatoms. The fraction of sp³-hybridized carbons (Fsp3) is 0.500. The van der Waals surface area contributed by atoms with E-state index in [4.69, 9.17) is 0 Å². The highest BCUT2D eigenvalue weighted by Gasteiger charge is 2.23. The number of hydrogen-bond donors (Lipinski definition) is 1. The first-order valence-electron chi connectivity index (χ1n) is 7.00. The van der Waals surface area contributed by atoms with Gasteiger partial charge in [-0.2, -0.15) is 0 Å². The molecule has 0 aliphatic carbocycles. The van der Waals surface area contributed by atoms with Gasteiger partial charge in [-0.05, 0) is 38.1 Å². The molecule has 20 heavy (non-hydrogen) atoms. The van der Waals surface area contributed by atoms with E-state index in [2.05, 4.69) is 22.1 Å². The van der Waals surface area contributed by atoms with E-state index in [1.807, 2.05) is 10.7 Å². The van der Waals surface area contributed by atoms with Crippen molar-refractivity contribution in [1.82, 2.24) is 19.9 Å². The summed E-state index contributed by atoms with van der Waals surface area (Å²) in [6, 6.07) is 5.50. The Hall–Kier alpha value is -1.95. The van der Waals surface area contributed by atoms with Gasteiger partial charge in [-0.1, -0.05) is 18.2 Å². The first-order valence-corrected chi connectivity index (χ1v) is 7.00. The molecule has 0 bridgehead atoms. The van der Waals surface area contributed by atoms with E-state index >= 15 is 0 Å². The van der Waals surface area contributed by atoms with Gasteiger partial charge in [0.05, 0.1) is 17.1 Å². The maximum atomic E-state index is 11.2. The second-order valence-corrected chi connectivity index (χ2v) is 5.20. The molecule has 1 atom stereocenters. The third-order valence-corrected chi connectivity index (χ3v) is 4.01. The van der Waals surface area contributed by atoms with Gasteiger partial charge in [0.25, 0.3) is 0 Å². The number of likely N-dealkylation sites (tertiary alicyclic amines) is 1. The molecule has 1 aliphatic heterocycles. The topological polar surface area (TPSA) is 71.2 Å². The zero-order valence-electron chi connectivity index (χ0n) is 11.5. The first kappa shape index (κ1) is 13.1. The van der Waals surface area contributed by atoms with Gasteiger partial charge in [-0.3, -0.25) is 0 Å². The zero-order chi connectivity index (χ0) is 14.1. The molecule has 106 valence electrons. The van der Waals surface area contributed by atoms with E-state index in [9.17, 15) is 9.90 Å². The minimum Gasteiger partial charge on any atom is -0.478 e. The molecule has 6 nitrogen and oxygen atoms in total. The van der Waals surface area contributed by atoms with Crippen molar-refractivity contribution in [2.24, 2.45) is 0 Å². The molecule has 0 saturated carbocycles. The van der Waals surface area contributed by atoms with Crippen LogP contribution < -0.4 is 0 Å². The van der Waals surface area contributed by atoms with Gasteiger partial charge in [0.15, 0.2) is 0 Å². The third-order valence-electron chi connectivity index (χ3n) is 4.01. The third kappa shape index (κ3) is 2.16. The number of likely N-dealkylation sites (N-methyl/N-ethyl adjacent to an activating group) is 1. The highest BCUT2D eigenvalue weighted by molar-refractivity contribution is 6.00. The Kier molecular flexibility index (Phi) is 3.40. The van der Waals surface area contributed by atoms with Crippen LogP contribution in [0.5, 0.6) is 0 Å². The molecular formula is C14H18N4O2. The van der Waals surface area contributed by atoms with Gasteiger partial charge < -0.3 is 10.0 Å². The lowest BCUT2D eigenvalue weighted by atomic mass is 10.1. The van der Waals surface area contributed by atoms with E-state index in [-0.39, 0.29) is 11.6 Å². The standard InChI is InChI=1S/C14H18N4O2/c1-2-17-8-4-5-10(9-17)18-12-7-3-6-11(14(19)20)13(12)15-16-18/h3,6-7,10H,2,4-5,8-9H2,1H3,(H,19,20). The fourth-order valence-electron chi connectivity index (χ4n) is 2.92. The molecule has 1 saturated heterocycles. The van der Waals surface area contributed by atoms with Gasteiger partial charge in [-0.25, -0.2) is 9.48 Å². The molecule has 1 aromatic heterocycles. The van der Waals surface area contributed by atoms with Crippen LogP contribution in [-0.2, 0) is 0 Å². The van der Waals surface area contributed by atoms with Gasteiger partial charge in [0.1, 0.15) is 5.52 Å². The summed E-state index contributed by atoms with van der Waals surface area (Å²) < 4.78 is 1.89. The Morgan fingerprint density at radius 2 is 2.35 bits per heavy atom. The number of aromatic carboxylic acids is 1. The summed E-state index contributed by atoms with van der Waals surface area (Å²) in [7, 11) is 0. The SMILES string of the molecule is CCN1CCCC(n2nnc3c(C(=O)O)cccc32)C1. The van der Waals surface area contributed by atoms with Crippen molar-refractivity contribution in [3.63, 3.8) is 0 Å². The molecule has 0 amide bonds. The van der Waals surface area contributed by atoms with Gasteiger partial charge >= 0.3 is 5.97 Å². The van der Waals surface area contributed by atoms with Crippen molar-refractivity contribution >= 4 is 17.0 Å². The summed E-state index contributed by atoms with van der Waals surface area (Å²) in [5.41, 5.74) is 1.51. The molecule has 2 heterocycles. The predicted octanol–water partition coefficient (Wildman–Crippen LogP) is 1.79. The number of nitrogens with zero attached hydrogens (tertiary/aromatic N) is 4. The minimum absolute atomic E-state index is 0.219. The van der Waals surface area contributed by atoms with Crippen LogP contribution in [0, 0.1) is 0 Å². The number of piperidine rings is 1. The smallest absolute Gasteiger partial charge is 0.338 e. The lowest BCUT2D eigenvalue weighted by Crippen LogP contribution is -2.36. The van der Waals surface area contributed by atoms with Crippen molar-refractivity contribution < 1.29 is 9.90 Å². The summed E-state index contributed by atoms with van der Waals surface area (Å²) in [5.74, 6) is -0.957. The van der Waals surface area contributed by atoms with Crippen LogP contribution >= 0.6 is 0 Å². The lowest BCUT2D eigenvalue weighted by molar-refractivity contribution is 0.0699. The van der Waals surface area contributed by atoms with Crippen LogP contribution in [0.3, 0.4) is 0 Å². The number of carbonyl (C=O) groups is 1.